The van der Waals surface area contributed by atoms with E-state index in [0.29, 0.717) is 17.9 Å². The van der Waals surface area contributed by atoms with Crippen molar-refractivity contribution in [1.82, 2.24) is 10.3 Å². The van der Waals surface area contributed by atoms with Crippen molar-refractivity contribution in [1.29, 1.82) is 0 Å². The highest BCUT2D eigenvalue weighted by Gasteiger charge is 2.13. The summed E-state index contributed by atoms with van der Waals surface area (Å²) in [6.07, 6.45) is 1.78. The van der Waals surface area contributed by atoms with Gasteiger partial charge >= 0.3 is 0 Å². The Balaban J connectivity index is 2.94. The van der Waals surface area contributed by atoms with Gasteiger partial charge in [-0.2, -0.15) is 0 Å². The Kier molecular flexibility index (Phi) is 7.47. The van der Waals surface area contributed by atoms with E-state index in [1.165, 1.54) is 0 Å². The zero-order valence-corrected chi connectivity index (χ0v) is 15.0. The predicted molar refractivity (Wildman–Crippen MR) is 93.1 cm³/mol. The Bertz CT molecular complexity index is 420. The Morgan fingerprint density at radius 3 is 2.14 bits per heavy atom. The van der Waals surface area contributed by atoms with Crippen LogP contribution in [0.3, 0.4) is 0 Å². The van der Waals surface area contributed by atoms with E-state index in [1.807, 2.05) is 0 Å². The van der Waals surface area contributed by atoms with Gasteiger partial charge in [0.25, 0.3) is 0 Å². The molecule has 0 bridgehead atoms. The molecule has 3 nitrogen and oxygen atoms in total. The van der Waals surface area contributed by atoms with E-state index < -0.39 is 0 Å². The summed E-state index contributed by atoms with van der Waals surface area (Å²) in [4.78, 5) is 6.90. The lowest BCUT2D eigenvalue weighted by atomic mass is 10.1. The minimum absolute atomic E-state index is 0.445. The van der Waals surface area contributed by atoms with Gasteiger partial charge in [0.05, 0.1) is 5.02 Å². The molecule has 4 heteroatoms. The Morgan fingerprint density at radius 2 is 1.67 bits per heavy atom. The van der Waals surface area contributed by atoms with Crippen molar-refractivity contribution in [2.45, 2.75) is 54.1 Å². The number of aromatic nitrogens is 1. The van der Waals surface area contributed by atoms with Gasteiger partial charge in [0.2, 0.25) is 0 Å². The topological polar surface area (TPSA) is 28.2 Å². The summed E-state index contributed by atoms with van der Waals surface area (Å²) in [5.41, 5.74) is 1.12. The van der Waals surface area contributed by atoms with Gasteiger partial charge in [0.15, 0.2) is 0 Å². The summed E-state index contributed by atoms with van der Waals surface area (Å²) in [6, 6.07) is 2.57. The molecule has 1 aromatic heterocycles. The van der Waals surface area contributed by atoms with Crippen LogP contribution >= 0.6 is 11.6 Å². The lowest BCUT2D eigenvalue weighted by Gasteiger charge is -2.28. The molecule has 0 radical (unpaired) electrons. The molecule has 21 heavy (non-hydrogen) atoms. The average Bonchev–Trinajstić information content (AvgIpc) is 2.35. The van der Waals surface area contributed by atoms with Gasteiger partial charge in [-0.15, -0.1) is 0 Å². The van der Waals surface area contributed by atoms with Crippen LogP contribution in [0, 0.1) is 11.8 Å². The number of rotatable bonds is 8. The van der Waals surface area contributed by atoms with Crippen LogP contribution in [-0.2, 0) is 6.54 Å². The van der Waals surface area contributed by atoms with Crippen molar-refractivity contribution in [3.05, 3.63) is 22.8 Å². The molecule has 1 aromatic rings. The standard InChI is InChI=1S/C17H30ClN3/c1-12(2)10-21(11-13(3)4)17-7-15(8-19-14(5)6)16(18)9-20-17/h7,9,12-14,19H,8,10-11H2,1-6H3. The maximum absolute atomic E-state index is 6.27. The summed E-state index contributed by atoms with van der Waals surface area (Å²) in [7, 11) is 0. The zero-order valence-electron chi connectivity index (χ0n) is 14.3. The van der Waals surface area contributed by atoms with Gasteiger partial charge in [-0.25, -0.2) is 4.98 Å². The monoisotopic (exact) mass is 311 g/mol. The van der Waals surface area contributed by atoms with Crippen molar-refractivity contribution in [2.24, 2.45) is 11.8 Å². The first kappa shape index (κ1) is 18.2. The first-order valence-corrected chi connectivity index (χ1v) is 8.30. The van der Waals surface area contributed by atoms with Crippen molar-refractivity contribution >= 4 is 17.4 Å². The van der Waals surface area contributed by atoms with Crippen molar-refractivity contribution in [2.75, 3.05) is 18.0 Å². The summed E-state index contributed by atoms with van der Waals surface area (Å²) in [5, 5.41) is 4.16. The fourth-order valence-corrected chi connectivity index (χ4v) is 2.40. The summed E-state index contributed by atoms with van der Waals surface area (Å²) in [6.45, 7) is 16.1. The van der Waals surface area contributed by atoms with Gasteiger partial charge in [-0.3, -0.25) is 0 Å². The summed E-state index contributed by atoms with van der Waals surface area (Å²) >= 11 is 6.27. The first-order chi connectivity index (χ1) is 9.79. The van der Waals surface area contributed by atoms with Crippen molar-refractivity contribution < 1.29 is 0 Å². The molecule has 0 aliphatic rings. The minimum atomic E-state index is 0.445. The molecule has 1 heterocycles. The van der Waals surface area contributed by atoms with Gasteiger partial charge < -0.3 is 10.2 Å². The van der Waals surface area contributed by atoms with Crippen LogP contribution in [0.1, 0.15) is 47.1 Å². The number of nitrogens with zero attached hydrogens (tertiary/aromatic N) is 2. The molecule has 0 unspecified atom stereocenters. The number of hydrogen-bond donors (Lipinski definition) is 1. The van der Waals surface area contributed by atoms with Crippen LogP contribution < -0.4 is 10.2 Å². The molecule has 0 aromatic carbocycles. The minimum Gasteiger partial charge on any atom is -0.356 e. The molecule has 0 amide bonds. The van der Waals surface area contributed by atoms with E-state index in [1.54, 1.807) is 6.20 Å². The smallest absolute Gasteiger partial charge is 0.128 e. The summed E-state index contributed by atoms with van der Waals surface area (Å²) < 4.78 is 0. The number of nitrogens with one attached hydrogen (secondary N) is 1. The highest BCUT2D eigenvalue weighted by Crippen LogP contribution is 2.22. The van der Waals surface area contributed by atoms with E-state index >= 15 is 0 Å². The number of halogens is 1. The Morgan fingerprint density at radius 1 is 1.10 bits per heavy atom. The second-order valence-electron chi connectivity index (χ2n) is 6.86. The molecule has 0 aliphatic heterocycles. The molecule has 0 fully saturated rings. The van der Waals surface area contributed by atoms with Gasteiger partial charge in [0, 0.05) is 31.9 Å². The Hall–Kier alpha value is -0.800. The third-order valence-corrected chi connectivity index (χ3v) is 3.46. The zero-order chi connectivity index (χ0) is 16.0. The predicted octanol–water partition coefficient (Wildman–Crippen LogP) is 4.35. The van der Waals surface area contributed by atoms with Crippen LogP contribution in [0.15, 0.2) is 12.3 Å². The molecular formula is C17H30ClN3. The quantitative estimate of drug-likeness (QED) is 0.773. The lowest BCUT2D eigenvalue weighted by Crippen LogP contribution is -2.32. The van der Waals surface area contributed by atoms with Gasteiger partial charge in [-0.1, -0.05) is 53.1 Å². The van der Waals surface area contributed by atoms with Crippen LogP contribution in [0.25, 0.3) is 0 Å². The first-order valence-electron chi connectivity index (χ1n) is 7.92. The van der Waals surface area contributed by atoms with E-state index in [0.717, 1.165) is 36.0 Å². The van der Waals surface area contributed by atoms with Gasteiger partial charge in [-0.05, 0) is 23.5 Å². The van der Waals surface area contributed by atoms with E-state index in [2.05, 4.69) is 62.8 Å². The molecule has 0 spiro atoms. The summed E-state index contributed by atoms with van der Waals surface area (Å²) in [5.74, 6) is 2.25. The maximum Gasteiger partial charge on any atom is 0.128 e. The third-order valence-electron chi connectivity index (χ3n) is 3.12. The second-order valence-corrected chi connectivity index (χ2v) is 7.27. The molecule has 0 aliphatic carbocycles. The van der Waals surface area contributed by atoms with Gasteiger partial charge in [0.1, 0.15) is 5.82 Å². The third kappa shape index (κ3) is 6.66. The van der Waals surface area contributed by atoms with Crippen LogP contribution in [-0.4, -0.2) is 24.1 Å². The van der Waals surface area contributed by atoms with E-state index in [9.17, 15) is 0 Å². The molecule has 0 saturated carbocycles. The largest absolute Gasteiger partial charge is 0.356 e. The fraction of sp³-hybridized carbons (Fsp3) is 0.706. The lowest BCUT2D eigenvalue weighted by molar-refractivity contribution is 0.548. The number of anilines is 1. The normalized spacial score (nSPS) is 11.7. The molecule has 1 rings (SSSR count). The highest BCUT2D eigenvalue weighted by molar-refractivity contribution is 6.31. The van der Waals surface area contributed by atoms with E-state index in [4.69, 9.17) is 11.6 Å². The molecule has 0 atom stereocenters. The van der Waals surface area contributed by atoms with E-state index in [-0.39, 0.29) is 0 Å². The number of hydrogen-bond acceptors (Lipinski definition) is 3. The van der Waals surface area contributed by atoms with Crippen molar-refractivity contribution in [3.8, 4) is 0 Å². The average molecular weight is 312 g/mol. The second kappa shape index (κ2) is 8.60. The molecule has 0 saturated heterocycles. The highest BCUT2D eigenvalue weighted by atomic mass is 35.5. The number of pyridine rings is 1. The van der Waals surface area contributed by atoms with Crippen LogP contribution in [0.4, 0.5) is 5.82 Å². The van der Waals surface area contributed by atoms with Crippen molar-refractivity contribution in [3.63, 3.8) is 0 Å². The molecule has 120 valence electrons. The SMILES string of the molecule is CC(C)CN(CC(C)C)c1cc(CNC(C)C)c(Cl)cn1. The van der Waals surface area contributed by atoms with Crippen LogP contribution in [0.5, 0.6) is 0 Å². The fourth-order valence-electron chi connectivity index (χ4n) is 2.23. The molecular weight excluding hydrogens is 282 g/mol. The maximum atomic E-state index is 6.27. The van der Waals surface area contributed by atoms with Crippen LogP contribution in [0.2, 0.25) is 5.02 Å². The molecule has 1 N–H and O–H groups in total. The Labute approximate surface area is 135 Å².